The number of aromatic nitrogens is 1. The molecule has 1 saturated heterocycles. The summed E-state index contributed by atoms with van der Waals surface area (Å²) in [6, 6.07) is 20.4. The molecule has 0 radical (unpaired) electrons. The Balaban J connectivity index is 1.46. The Kier molecular flexibility index (Phi) is 6.11. The third-order valence-electron chi connectivity index (χ3n) is 5.99. The third-order valence-corrected chi connectivity index (χ3v) is 7.25. The minimum Gasteiger partial charge on any atom is -0.356 e. The van der Waals surface area contributed by atoms with Crippen LogP contribution >= 0.6 is 23.4 Å². The fraction of sp³-hybridized carbons (Fsp3) is 0.148. The molecule has 1 aliphatic heterocycles. The van der Waals surface area contributed by atoms with Gasteiger partial charge in [-0.1, -0.05) is 53.7 Å². The smallest absolute Gasteiger partial charge is 0.260 e. The first kappa shape index (κ1) is 22.6. The zero-order valence-corrected chi connectivity index (χ0v) is 20.3. The van der Waals surface area contributed by atoms with E-state index >= 15 is 0 Å². The summed E-state index contributed by atoms with van der Waals surface area (Å²) < 4.78 is 15.9. The predicted molar refractivity (Wildman–Crippen MR) is 139 cm³/mol. The molecular weight excluding hydrogens is 469 g/mol. The highest BCUT2D eigenvalue weighted by Crippen LogP contribution is 2.35. The zero-order chi connectivity index (χ0) is 23.8. The first-order valence-electron chi connectivity index (χ1n) is 10.9. The lowest BCUT2D eigenvalue weighted by molar-refractivity contribution is -0.116. The monoisotopic (exact) mass is 491 g/mol. The molecule has 172 valence electrons. The van der Waals surface area contributed by atoms with Gasteiger partial charge in [0.2, 0.25) is 0 Å². The van der Waals surface area contributed by atoms with Crippen molar-refractivity contribution in [3.63, 3.8) is 0 Å². The summed E-state index contributed by atoms with van der Waals surface area (Å²) in [7, 11) is 0. The predicted octanol–water partition coefficient (Wildman–Crippen LogP) is 6.70. The van der Waals surface area contributed by atoms with Crippen LogP contribution in [0.15, 0.2) is 71.6 Å². The van der Waals surface area contributed by atoms with Crippen LogP contribution in [0.3, 0.4) is 0 Å². The number of amides is 1. The van der Waals surface area contributed by atoms with E-state index in [1.165, 1.54) is 17.8 Å². The normalized spacial score (nSPS) is 16.9. The van der Waals surface area contributed by atoms with Crippen LogP contribution in [0.25, 0.3) is 17.0 Å². The Bertz CT molecular complexity index is 1450. The highest BCUT2D eigenvalue weighted by atomic mass is 35.5. The fourth-order valence-corrected chi connectivity index (χ4v) is 5.47. The summed E-state index contributed by atoms with van der Waals surface area (Å²) >= 11 is 7.51. The number of nitrogens with one attached hydrogen (secondary N) is 2. The molecule has 0 saturated carbocycles. The van der Waals surface area contributed by atoms with Gasteiger partial charge in [0.1, 0.15) is 5.82 Å². The number of aryl methyl sites for hydroxylation is 1. The van der Waals surface area contributed by atoms with Gasteiger partial charge in [-0.3, -0.25) is 4.79 Å². The van der Waals surface area contributed by atoms with Gasteiger partial charge < -0.3 is 15.2 Å². The maximum absolute atomic E-state index is 13.8. The molecule has 1 atom stereocenters. The van der Waals surface area contributed by atoms with Gasteiger partial charge in [0.05, 0.1) is 4.91 Å². The number of thioether (sulfide) groups is 1. The van der Waals surface area contributed by atoms with E-state index in [9.17, 15) is 9.18 Å². The van der Waals surface area contributed by atoms with Crippen molar-refractivity contribution in [1.29, 1.82) is 0 Å². The first-order valence-corrected chi connectivity index (χ1v) is 12.2. The van der Waals surface area contributed by atoms with Crippen molar-refractivity contribution in [2.75, 3.05) is 5.32 Å². The number of carbonyl (C=O) groups excluding carboxylic acids is 1. The number of hydrogen-bond donors (Lipinski definition) is 2. The Morgan fingerprint density at radius 2 is 1.94 bits per heavy atom. The van der Waals surface area contributed by atoms with Crippen molar-refractivity contribution >= 4 is 51.9 Å². The molecule has 2 heterocycles. The second kappa shape index (κ2) is 9.20. The summed E-state index contributed by atoms with van der Waals surface area (Å²) in [5.74, 6) is -0.363. The van der Waals surface area contributed by atoms with Gasteiger partial charge in [-0.15, -0.1) is 0 Å². The molecule has 2 N–H and O–H groups in total. The van der Waals surface area contributed by atoms with E-state index in [2.05, 4.69) is 27.3 Å². The second-order valence-corrected chi connectivity index (χ2v) is 9.90. The topological polar surface area (TPSA) is 46.1 Å². The molecule has 34 heavy (non-hydrogen) atoms. The molecular formula is C27H23ClFN3OS. The number of carbonyl (C=O) groups is 1. The number of nitrogens with zero attached hydrogens (tertiary/aromatic N) is 1. The zero-order valence-electron chi connectivity index (χ0n) is 18.7. The van der Waals surface area contributed by atoms with Crippen LogP contribution in [0.4, 0.5) is 10.1 Å². The molecule has 1 fully saturated rings. The van der Waals surface area contributed by atoms with Crippen LogP contribution in [0.5, 0.6) is 0 Å². The number of rotatable bonds is 5. The molecule has 5 rings (SSSR count). The van der Waals surface area contributed by atoms with Gasteiger partial charge >= 0.3 is 0 Å². The molecule has 1 unspecified atom stereocenters. The number of anilines is 1. The molecule has 0 bridgehead atoms. The molecule has 1 amide bonds. The van der Waals surface area contributed by atoms with Crippen LogP contribution in [0.2, 0.25) is 5.02 Å². The van der Waals surface area contributed by atoms with E-state index in [1.54, 1.807) is 12.1 Å². The average molecular weight is 492 g/mol. The fourth-order valence-electron chi connectivity index (χ4n) is 4.29. The molecule has 3 aromatic carbocycles. The van der Waals surface area contributed by atoms with Crippen LogP contribution in [0.1, 0.15) is 22.4 Å². The second-order valence-electron chi connectivity index (χ2n) is 8.32. The Labute approximate surface area is 206 Å². The summed E-state index contributed by atoms with van der Waals surface area (Å²) in [6.07, 6.45) is 1.95. The van der Waals surface area contributed by atoms with Crippen molar-refractivity contribution in [2.45, 2.75) is 25.9 Å². The van der Waals surface area contributed by atoms with Crippen LogP contribution in [-0.4, -0.2) is 16.0 Å². The quantitative estimate of drug-likeness (QED) is 0.305. The molecule has 7 heteroatoms. The molecule has 0 aliphatic carbocycles. The third kappa shape index (κ3) is 4.43. The van der Waals surface area contributed by atoms with E-state index < -0.39 is 0 Å². The summed E-state index contributed by atoms with van der Waals surface area (Å²) in [6.45, 7) is 4.56. The lowest BCUT2D eigenvalue weighted by Crippen LogP contribution is -2.31. The number of halogens is 2. The maximum Gasteiger partial charge on any atom is 0.260 e. The highest BCUT2D eigenvalue weighted by molar-refractivity contribution is 8.05. The lowest BCUT2D eigenvalue weighted by Gasteiger charge is -2.15. The largest absolute Gasteiger partial charge is 0.356 e. The number of para-hydroxylation sites is 1. The van der Waals surface area contributed by atoms with Crippen LogP contribution in [-0.2, 0) is 11.3 Å². The van der Waals surface area contributed by atoms with Gasteiger partial charge in [-0.2, -0.15) is 0 Å². The molecule has 4 aromatic rings. The molecule has 1 aliphatic rings. The SMILES string of the molecule is Cc1cc(Cl)ccc1NC1NC(=O)/C(=C/c2c(C)n(Cc3cccc(F)c3)c3ccccc23)S1. The van der Waals surface area contributed by atoms with Crippen LogP contribution < -0.4 is 10.6 Å². The Hall–Kier alpha value is -3.22. The van der Waals surface area contributed by atoms with E-state index in [1.807, 2.05) is 56.3 Å². The summed E-state index contributed by atoms with van der Waals surface area (Å²) in [4.78, 5) is 13.4. The van der Waals surface area contributed by atoms with Crippen molar-refractivity contribution in [2.24, 2.45) is 0 Å². The molecule has 1 aromatic heterocycles. The average Bonchev–Trinajstić information content (AvgIpc) is 3.28. The van der Waals surface area contributed by atoms with E-state index in [0.717, 1.165) is 39.0 Å². The Morgan fingerprint density at radius 1 is 1.12 bits per heavy atom. The standard InChI is InChI=1S/C27H23ClFN3OS/c1-16-12-19(28)10-11-23(16)30-27-31-26(33)25(34-27)14-22-17(2)32(24-9-4-3-8-21(22)24)15-18-6-5-7-20(29)13-18/h3-14,27,30H,15H2,1-2H3,(H,31,33)/b25-14-. The van der Waals surface area contributed by atoms with E-state index in [-0.39, 0.29) is 17.2 Å². The first-order chi connectivity index (χ1) is 16.4. The van der Waals surface area contributed by atoms with Crippen molar-refractivity contribution in [3.05, 3.63) is 105 Å². The minimum atomic E-state index is -0.278. The van der Waals surface area contributed by atoms with Gasteiger partial charge in [0.15, 0.2) is 5.50 Å². The number of benzene rings is 3. The van der Waals surface area contributed by atoms with Gasteiger partial charge in [-0.05, 0) is 67.4 Å². The highest BCUT2D eigenvalue weighted by Gasteiger charge is 2.28. The maximum atomic E-state index is 13.8. The minimum absolute atomic E-state index is 0.115. The van der Waals surface area contributed by atoms with Crippen LogP contribution in [0, 0.1) is 19.7 Å². The van der Waals surface area contributed by atoms with Crippen molar-refractivity contribution in [1.82, 2.24) is 9.88 Å². The Morgan fingerprint density at radius 3 is 2.74 bits per heavy atom. The van der Waals surface area contributed by atoms with Gasteiger partial charge in [0.25, 0.3) is 5.91 Å². The van der Waals surface area contributed by atoms with E-state index in [4.69, 9.17) is 11.6 Å². The summed E-state index contributed by atoms with van der Waals surface area (Å²) in [5, 5.41) is 8.10. The van der Waals surface area contributed by atoms with E-state index in [0.29, 0.717) is 16.5 Å². The lowest BCUT2D eigenvalue weighted by atomic mass is 10.1. The van der Waals surface area contributed by atoms with Gasteiger partial charge in [-0.25, -0.2) is 4.39 Å². The molecule has 0 spiro atoms. The number of fused-ring (bicyclic) bond motifs is 1. The van der Waals surface area contributed by atoms with Crippen molar-refractivity contribution < 1.29 is 9.18 Å². The summed E-state index contributed by atoms with van der Waals surface area (Å²) in [5.41, 5.74) is 5.61. The van der Waals surface area contributed by atoms with Gasteiger partial charge in [0, 0.05) is 39.4 Å². The molecule has 4 nitrogen and oxygen atoms in total. The number of hydrogen-bond acceptors (Lipinski definition) is 3. The van der Waals surface area contributed by atoms with Crippen molar-refractivity contribution in [3.8, 4) is 0 Å².